The molecule has 0 aromatic heterocycles. The van der Waals surface area contributed by atoms with Crippen LogP contribution in [-0.2, 0) is 9.53 Å². The molecule has 2 aromatic rings. The Kier molecular flexibility index (Phi) is 8.09. The van der Waals surface area contributed by atoms with Crippen molar-refractivity contribution in [3.8, 4) is 23.0 Å². The van der Waals surface area contributed by atoms with E-state index in [1.165, 1.54) is 11.1 Å². The van der Waals surface area contributed by atoms with Crippen molar-refractivity contribution in [3.63, 3.8) is 0 Å². The van der Waals surface area contributed by atoms with Gasteiger partial charge in [0.25, 0.3) is 0 Å². The summed E-state index contributed by atoms with van der Waals surface area (Å²) in [7, 11) is 0. The zero-order chi connectivity index (χ0) is 21.4. The van der Waals surface area contributed by atoms with E-state index in [4.69, 9.17) is 4.74 Å². The standard InChI is InChI=1S/C26H31NO2/c1-7-8-19(4)26(28)29-17-20(5)21(6)22-9-11-23(12-10-22)24-13-15-25(16-14-24)27-18(2)3/h9-16,18-19,27H,17H2,1-6H3/b21-20+. The largest absolute Gasteiger partial charge is 0.460 e. The van der Waals surface area contributed by atoms with Crippen molar-refractivity contribution in [2.45, 2.75) is 47.6 Å². The Morgan fingerprint density at radius 1 is 0.966 bits per heavy atom. The number of esters is 1. The highest BCUT2D eigenvalue weighted by molar-refractivity contribution is 5.76. The Morgan fingerprint density at radius 2 is 1.52 bits per heavy atom. The molecule has 0 fully saturated rings. The van der Waals surface area contributed by atoms with Crippen molar-refractivity contribution in [2.75, 3.05) is 11.9 Å². The van der Waals surface area contributed by atoms with Crippen LogP contribution in [0.25, 0.3) is 16.7 Å². The van der Waals surface area contributed by atoms with Crippen LogP contribution in [0, 0.1) is 17.8 Å². The van der Waals surface area contributed by atoms with Crippen molar-refractivity contribution < 1.29 is 9.53 Å². The lowest BCUT2D eigenvalue weighted by molar-refractivity contribution is -0.144. The third-order valence-corrected chi connectivity index (χ3v) is 4.78. The zero-order valence-corrected chi connectivity index (χ0v) is 18.3. The van der Waals surface area contributed by atoms with Gasteiger partial charge in [0.2, 0.25) is 0 Å². The predicted octanol–water partition coefficient (Wildman–Crippen LogP) is 6.17. The minimum atomic E-state index is -0.394. The zero-order valence-electron chi connectivity index (χ0n) is 18.3. The highest BCUT2D eigenvalue weighted by atomic mass is 16.5. The number of nitrogens with one attached hydrogen (secondary N) is 1. The van der Waals surface area contributed by atoms with Crippen molar-refractivity contribution in [1.29, 1.82) is 0 Å². The molecule has 0 amide bonds. The van der Waals surface area contributed by atoms with Crippen molar-refractivity contribution in [2.24, 2.45) is 5.92 Å². The Balaban J connectivity index is 2.06. The summed E-state index contributed by atoms with van der Waals surface area (Å²) in [5, 5.41) is 3.40. The summed E-state index contributed by atoms with van der Waals surface area (Å²) in [5.41, 5.74) is 6.77. The summed E-state index contributed by atoms with van der Waals surface area (Å²) in [6.07, 6.45) is 0. The first-order valence-corrected chi connectivity index (χ1v) is 10.0. The molecule has 0 bridgehead atoms. The van der Waals surface area contributed by atoms with E-state index in [1.807, 2.05) is 6.92 Å². The van der Waals surface area contributed by atoms with Gasteiger partial charge in [-0.2, -0.15) is 0 Å². The van der Waals surface area contributed by atoms with Crippen LogP contribution in [0.5, 0.6) is 0 Å². The topological polar surface area (TPSA) is 38.3 Å². The minimum absolute atomic E-state index is 0.280. The number of carbonyl (C=O) groups excluding carboxylic acids is 1. The first-order chi connectivity index (χ1) is 13.8. The molecule has 2 aromatic carbocycles. The van der Waals surface area contributed by atoms with Gasteiger partial charge in [0.05, 0.1) is 0 Å². The lowest BCUT2D eigenvalue weighted by Gasteiger charge is -2.12. The second-order valence-electron chi connectivity index (χ2n) is 7.58. The van der Waals surface area contributed by atoms with E-state index in [0.29, 0.717) is 6.04 Å². The summed E-state index contributed by atoms with van der Waals surface area (Å²) in [6.45, 7) is 12.1. The Labute approximate surface area is 175 Å². The fraction of sp³-hybridized carbons (Fsp3) is 0.346. The fourth-order valence-corrected chi connectivity index (χ4v) is 2.94. The molecule has 0 saturated carbocycles. The molecular weight excluding hydrogens is 358 g/mol. The third-order valence-electron chi connectivity index (χ3n) is 4.78. The summed E-state index contributed by atoms with van der Waals surface area (Å²) in [5.74, 6) is 4.89. The molecule has 2 rings (SSSR count). The maximum absolute atomic E-state index is 11.9. The summed E-state index contributed by atoms with van der Waals surface area (Å²) >= 11 is 0. The van der Waals surface area contributed by atoms with Crippen LogP contribution in [0.3, 0.4) is 0 Å². The number of ether oxygens (including phenoxy) is 1. The van der Waals surface area contributed by atoms with Crippen LogP contribution >= 0.6 is 0 Å². The van der Waals surface area contributed by atoms with Crippen molar-refractivity contribution >= 4 is 17.2 Å². The number of hydrogen-bond acceptors (Lipinski definition) is 3. The van der Waals surface area contributed by atoms with Gasteiger partial charge in [0, 0.05) is 11.7 Å². The normalized spacial score (nSPS) is 12.5. The fourth-order valence-electron chi connectivity index (χ4n) is 2.94. The van der Waals surface area contributed by atoms with Gasteiger partial charge in [-0.25, -0.2) is 0 Å². The van der Waals surface area contributed by atoms with Gasteiger partial charge in [-0.1, -0.05) is 42.3 Å². The van der Waals surface area contributed by atoms with Crippen LogP contribution in [0.2, 0.25) is 0 Å². The monoisotopic (exact) mass is 389 g/mol. The van der Waals surface area contributed by atoms with E-state index >= 15 is 0 Å². The van der Waals surface area contributed by atoms with Crippen LogP contribution in [0.1, 0.15) is 47.1 Å². The molecule has 152 valence electrons. The average molecular weight is 390 g/mol. The Morgan fingerprint density at radius 3 is 2.03 bits per heavy atom. The van der Waals surface area contributed by atoms with Crippen LogP contribution in [0.4, 0.5) is 5.69 Å². The molecule has 29 heavy (non-hydrogen) atoms. The molecule has 1 N–H and O–H groups in total. The van der Waals surface area contributed by atoms with E-state index in [9.17, 15) is 4.79 Å². The number of hydrogen-bond donors (Lipinski definition) is 1. The van der Waals surface area contributed by atoms with Crippen molar-refractivity contribution in [3.05, 3.63) is 59.7 Å². The molecular formula is C26H31NO2. The molecule has 1 atom stereocenters. The summed E-state index contributed by atoms with van der Waals surface area (Å²) in [6, 6.07) is 17.4. The maximum atomic E-state index is 11.9. The lowest BCUT2D eigenvalue weighted by Crippen LogP contribution is -2.14. The summed E-state index contributed by atoms with van der Waals surface area (Å²) in [4.78, 5) is 11.9. The summed E-state index contributed by atoms with van der Waals surface area (Å²) < 4.78 is 5.39. The van der Waals surface area contributed by atoms with Gasteiger partial charge in [-0.05, 0) is 81.5 Å². The van der Waals surface area contributed by atoms with Crippen molar-refractivity contribution in [1.82, 2.24) is 0 Å². The van der Waals surface area contributed by atoms with Crippen LogP contribution in [-0.4, -0.2) is 18.6 Å². The number of allylic oxidation sites excluding steroid dienone is 1. The quantitative estimate of drug-likeness (QED) is 0.454. The van der Waals surface area contributed by atoms with Gasteiger partial charge < -0.3 is 10.1 Å². The molecule has 3 heteroatoms. The number of rotatable bonds is 7. The molecule has 0 saturated heterocycles. The smallest absolute Gasteiger partial charge is 0.321 e. The van der Waals surface area contributed by atoms with E-state index in [1.54, 1.807) is 13.8 Å². The van der Waals surface area contributed by atoms with E-state index in [2.05, 4.69) is 86.5 Å². The molecule has 0 aliphatic rings. The Bertz CT molecular complexity index is 910. The van der Waals surface area contributed by atoms with Gasteiger partial charge in [-0.15, -0.1) is 5.92 Å². The average Bonchev–Trinajstić information content (AvgIpc) is 2.71. The SMILES string of the molecule is CC#CC(C)C(=O)OC/C(C)=C(\C)c1ccc(-c2ccc(NC(C)C)cc2)cc1. The van der Waals surface area contributed by atoms with Crippen LogP contribution in [0.15, 0.2) is 54.1 Å². The molecule has 0 radical (unpaired) electrons. The third kappa shape index (κ3) is 6.54. The van der Waals surface area contributed by atoms with Gasteiger partial charge in [0.1, 0.15) is 12.5 Å². The maximum Gasteiger partial charge on any atom is 0.321 e. The number of anilines is 1. The molecule has 0 aliphatic carbocycles. The molecule has 1 unspecified atom stereocenters. The molecule has 0 spiro atoms. The van der Waals surface area contributed by atoms with Gasteiger partial charge in [0.15, 0.2) is 0 Å². The highest BCUT2D eigenvalue weighted by Gasteiger charge is 2.12. The lowest BCUT2D eigenvalue weighted by atomic mass is 9.98. The van der Waals surface area contributed by atoms with Gasteiger partial charge in [-0.3, -0.25) is 4.79 Å². The van der Waals surface area contributed by atoms with E-state index in [-0.39, 0.29) is 12.6 Å². The molecule has 0 heterocycles. The van der Waals surface area contributed by atoms with E-state index < -0.39 is 5.92 Å². The van der Waals surface area contributed by atoms with E-state index in [0.717, 1.165) is 22.4 Å². The number of benzene rings is 2. The van der Waals surface area contributed by atoms with Crippen LogP contribution < -0.4 is 5.32 Å². The highest BCUT2D eigenvalue weighted by Crippen LogP contribution is 2.25. The Hall–Kier alpha value is -2.99. The molecule has 0 aliphatic heterocycles. The van der Waals surface area contributed by atoms with Gasteiger partial charge >= 0.3 is 5.97 Å². The first kappa shape index (κ1) is 22.3. The second kappa shape index (κ2) is 10.5. The second-order valence-corrected chi connectivity index (χ2v) is 7.58. The number of carbonyl (C=O) groups is 1. The predicted molar refractivity (Wildman–Crippen MR) is 122 cm³/mol. The minimum Gasteiger partial charge on any atom is -0.460 e. The molecule has 3 nitrogen and oxygen atoms in total. The first-order valence-electron chi connectivity index (χ1n) is 10.0.